The van der Waals surface area contributed by atoms with E-state index in [2.05, 4.69) is 5.32 Å². The van der Waals surface area contributed by atoms with Gasteiger partial charge in [-0.15, -0.1) is 0 Å². The zero-order chi connectivity index (χ0) is 16.7. The molecule has 0 aliphatic rings. The molecule has 0 aliphatic heterocycles. The molecule has 2 rings (SSSR count). The van der Waals surface area contributed by atoms with Crippen molar-refractivity contribution < 1.29 is 23.0 Å². The summed E-state index contributed by atoms with van der Waals surface area (Å²) in [4.78, 5) is 0. The van der Waals surface area contributed by atoms with Gasteiger partial charge in [-0.3, -0.25) is 0 Å². The Morgan fingerprint density at radius 2 is 1.87 bits per heavy atom. The van der Waals surface area contributed by atoms with E-state index in [1.54, 1.807) is 43.5 Å². The predicted molar refractivity (Wildman–Crippen MR) is 85.7 cm³/mol. The Bertz CT molecular complexity index is 589. The molecule has 7 heteroatoms. The summed E-state index contributed by atoms with van der Waals surface area (Å²) >= 11 is 0.529. The molecule has 1 atom stereocenters. The molecule has 0 saturated heterocycles. The van der Waals surface area contributed by atoms with E-state index < -0.39 is 11.9 Å². The first-order valence-electron chi connectivity index (χ1n) is 7.08. The Kier molecular flexibility index (Phi) is 6.88. The number of rotatable bonds is 9. The van der Waals surface area contributed by atoms with Crippen molar-refractivity contribution in [1.82, 2.24) is 5.32 Å². The Balaban J connectivity index is 1.75. The second kappa shape index (κ2) is 8.90. The summed E-state index contributed by atoms with van der Waals surface area (Å²) in [6, 6.07) is 10.6. The molecular weight excluding hydrogens is 324 g/mol. The maximum absolute atomic E-state index is 12.1. The van der Waals surface area contributed by atoms with E-state index in [-0.39, 0.29) is 5.75 Å². The lowest BCUT2D eigenvalue weighted by Crippen LogP contribution is -2.20. The van der Waals surface area contributed by atoms with E-state index in [1.807, 2.05) is 0 Å². The number of aliphatic hydroxyl groups excluding tert-OH is 1. The van der Waals surface area contributed by atoms with Gasteiger partial charge in [-0.2, -0.15) is 8.78 Å². The summed E-state index contributed by atoms with van der Waals surface area (Å²) in [5, 5.41) is 13.2. The van der Waals surface area contributed by atoms with Crippen LogP contribution in [-0.2, 0) is 12.3 Å². The lowest BCUT2D eigenvalue weighted by atomic mass is 10.1. The van der Waals surface area contributed by atoms with Crippen LogP contribution in [-0.4, -0.2) is 24.5 Å². The minimum absolute atomic E-state index is 0.145. The second-order valence-electron chi connectivity index (χ2n) is 4.86. The fourth-order valence-corrected chi connectivity index (χ4v) is 2.46. The quantitative estimate of drug-likeness (QED) is 0.729. The Morgan fingerprint density at radius 3 is 2.52 bits per heavy atom. The Morgan fingerprint density at radius 1 is 1.17 bits per heavy atom. The molecule has 0 aliphatic carbocycles. The molecule has 1 aromatic carbocycles. The van der Waals surface area contributed by atoms with E-state index in [0.717, 1.165) is 11.3 Å². The SMILES string of the molecule is COc1ccc(C(O)CNCc2ccc(CSC(F)F)o2)cc1. The molecule has 0 amide bonds. The molecule has 4 nitrogen and oxygen atoms in total. The zero-order valence-electron chi connectivity index (χ0n) is 12.7. The Hall–Kier alpha value is -1.57. The van der Waals surface area contributed by atoms with Gasteiger partial charge in [0, 0.05) is 6.54 Å². The number of benzene rings is 1. The van der Waals surface area contributed by atoms with Crippen LogP contribution in [0, 0.1) is 0 Å². The molecule has 1 unspecified atom stereocenters. The first-order valence-corrected chi connectivity index (χ1v) is 8.13. The predicted octanol–water partition coefficient (Wildman–Crippen LogP) is 3.57. The number of nitrogens with one attached hydrogen (secondary N) is 1. The largest absolute Gasteiger partial charge is 0.497 e. The van der Waals surface area contributed by atoms with Gasteiger partial charge >= 0.3 is 0 Å². The molecule has 0 spiro atoms. The fourth-order valence-electron chi connectivity index (χ4n) is 2.02. The van der Waals surface area contributed by atoms with Crippen LogP contribution in [0.15, 0.2) is 40.8 Å². The summed E-state index contributed by atoms with van der Waals surface area (Å²) in [6.45, 7) is 0.778. The van der Waals surface area contributed by atoms with Gasteiger partial charge < -0.3 is 19.6 Å². The van der Waals surface area contributed by atoms with Crippen LogP contribution < -0.4 is 10.1 Å². The number of methoxy groups -OCH3 is 1. The summed E-state index contributed by atoms with van der Waals surface area (Å²) < 4.78 is 34.7. The molecule has 2 aromatic rings. The van der Waals surface area contributed by atoms with Crippen molar-refractivity contribution in [3.8, 4) is 5.75 Å². The third kappa shape index (κ3) is 5.85. The van der Waals surface area contributed by atoms with E-state index in [9.17, 15) is 13.9 Å². The first-order chi connectivity index (χ1) is 11.1. The van der Waals surface area contributed by atoms with Gasteiger partial charge in [0.15, 0.2) is 0 Å². The standard InChI is InChI=1S/C16H19F2NO3S/c1-21-12-4-2-11(3-5-12)15(20)9-19-8-13-6-7-14(22-13)10-23-16(17)18/h2-7,15-16,19-20H,8-10H2,1H3. The summed E-state index contributed by atoms with van der Waals surface area (Å²) in [5.41, 5.74) is 0.784. The average molecular weight is 343 g/mol. The number of hydrogen-bond acceptors (Lipinski definition) is 5. The van der Waals surface area contributed by atoms with Gasteiger partial charge in [0.2, 0.25) is 0 Å². The third-order valence-electron chi connectivity index (χ3n) is 3.21. The van der Waals surface area contributed by atoms with Gasteiger partial charge in [-0.25, -0.2) is 0 Å². The van der Waals surface area contributed by atoms with Gasteiger partial charge in [0.25, 0.3) is 5.76 Å². The summed E-state index contributed by atoms with van der Waals surface area (Å²) in [6.07, 6.45) is -0.648. The normalized spacial score (nSPS) is 12.6. The zero-order valence-corrected chi connectivity index (χ0v) is 13.5. The molecule has 0 radical (unpaired) electrons. The molecular formula is C16H19F2NO3S. The van der Waals surface area contributed by atoms with Crippen LogP contribution in [0.5, 0.6) is 5.75 Å². The highest BCUT2D eigenvalue weighted by Gasteiger charge is 2.09. The van der Waals surface area contributed by atoms with Gasteiger partial charge in [0.05, 0.1) is 25.5 Å². The number of hydrogen-bond donors (Lipinski definition) is 2. The third-order valence-corrected chi connectivity index (χ3v) is 3.91. The molecule has 1 aromatic heterocycles. The monoisotopic (exact) mass is 343 g/mol. The summed E-state index contributed by atoms with van der Waals surface area (Å²) in [5.74, 6) is -0.355. The molecule has 1 heterocycles. The lowest BCUT2D eigenvalue weighted by molar-refractivity contribution is 0.173. The second-order valence-corrected chi connectivity index (χ2v) is 5.84. The smallest absolute Gasteiger partial charge is 0.284 e. The van der Waals surface area contributed by atoms with Crippen LogP contribution in [0.3, 0.4) is 0 Å². The van der Waals surface area contributed by atoms with E-state index >= 15 is 0 Å². The number of thioether (sulfide) groups is 1. The lowest BCUT2D eigenvalue weighted by Gasteiger charge is -2.12. The summed E-state index contributed by atoms with van der Waals surface area (Å²) in [7, 11) is 1.59. The molecule has 0 fully saturated rings. The van der Waals surface area contributed by atoms with Crippen molar-refractivity contribution in [2.45, 2.75) is 24.2 Å². The number of furan rings is 1. The van der Waals surface area contributed by atoms with Gasteiger partial charge in [0.1, 0.15) is 17.3 Å². The number of halogens is 2. The van der Waals surface area contributed by atoms with Crippen molar-refractivity contribution in [3.63, 3.8) is 0 Å². The van der Waals surface area contributed by atoms with Crippen molar-refractivity contribution in [3.05, 3.63) is 53.5 Å². The number of aliphatic hydroxyl groups is 1. The number of alkyl halides is 2. The van der Waals surface area contributed by atoms with Crippen molar-refractivity contribution in [1.29, 1.82) is 0 Å². The maximum Gasteiger partial charge on any atom is 0.284 e. The van der Waals surface area contributed by atoms with Crippen molar-refractivity contribution >= 4 is 11.8 Å². The van der Waals surface area contributed by atoms with Gasteiger partial charge in [-0.05, 0) is 29.8 Å². The molecule has 2 N–H and O–H groups in total. The topological polar surface area (TPSA) is 54.6 Å². The average Bonchev–Trinajstić information content (AvgIpc) is 3.01. The maximum atomic E-state index is 12.1. The molecule has 23 heavy (non-hydrogen) atoms. The number of ether oxygens (including phenoxy) is 1. The minimum atomic E-state index is -2.40. The van der Waals surface area contributed by atoms with Crippen LogP contribution in [0.25, 0.3) is 0 Å². The van der Waals surface area contributed by atoms with Crippen LogP contribution in [0.4, 0.5) is 8.78 Å². The Labute approximate surface area is 137 Å². The van der Waals surface area contributed by atoms with Crippen molar-refractivity contribution in [2.24, 2.45) is 0 Å². The highest BCUT2D eigenvalue weighted by atomic mass is 32.2. The minimum Gasteiger partial charge on any atom is -0.497 e. The van der Waals surface area contributed by atoms with Crippen LogP contribution in [0.2, 0.25) is 0 Å². The van der Waals surface area contributed by atoms with Crippen molar-refractivity contribution in [2.75, 3.05) is 13.7 Å². The first kappa shape index (κ1) is 17.8. The molecule has 0 bridgehead atoms. The molecule has 126 valence electrons. The highest BCUT2D eigenvalue weighted by molar-refractivity contribution is 7.98. The highest BCUT2D eigenvalue weighted by Crippen LogP contribution is 2.21. The van der Waals surface area contributed by atoms with Crippen LogP contribution in [0.1, 0.15) is 23.2 Å². The van der Waals surface area contributed by atoms with E-state index in [1.165, 1.54) is 0 Å². The fraction of sp³-hybridized carbons (Fsp3) is 0.375. The van der Waals surface area contributed by atoms with Gasteiger partial charge in [-0.1, -0.05) is 23.9 Å². The van der Waals surface area contributed by atoms with Crippen LogP contribution >= 0.6 is 11.8 Å². The van der Waals surface area contributed by atoms with E-state index in [4.69, 9.17) is 9.15 Å². The van der Waals surface area contributed by atoms with E-state index in [0.29, 0.717) is 36.4 Å². The molecule has 0 saturated carbocycles.